The summed E-state index contributed by atoms with van der Waals surface area (Å²) in [4.78, 5) is 11.2. The lowest BCUT2D eigenvalue weighted by Crippen LogP contribution is -2.25. The van der Waals surface area contributed by atoms with Gasteiger partial charge in [-0.15, -0.1) is 0 Å². The molecule has 3 aromatic rings. The molecule has 0 aliphatic heterocycles. The monoisotopic (exact) mass is 363 g/mol. The minimum absolute atomic E-state index is 0.585. The molecule has 0 atom stereocenters. The smallest absolute Gasteiger partial charge is 0.229 e. The quantitative estimate of drug-likeness (QED) is 0.629. The Hall–Kier alpha value is -3.28. The number of ether oxygens (including phenoxy) is 1. The fraction of sp³-hybridized carbons (Fsp3) is 0.238. The van der Waals surface area contributed by atoms with E-state index in [-0.39, 0.29) is 0 Å². The Labute approximate surface area is 160 Å². The fourth-order valence-corrected chi connectivity index (χ4v) is 2.78. The zero-order valence-electron chi connectivity index (χ0n) is 15.9. The molecule has 6 nitrogen and oxygen atoms in total. The number of hydrogen-bond acceptors (Lipinski definition) is 6. The average Bonchev–Trinajstić information content (AvgIpc) is 2.68. The van der Waals surface area contributed by atoms with Crippen LogP contribution in [0.5, 0.6) is 5.75 Å². The number of likely N-dealkylation sites (N-methyl/N-ethyl adjacent to an activating group) is 1. The summed E-state index contributed by atoms with van der Waals surface area (Å²) < 4.78 is 5.43. The van der Waals surface area contributed by atoms with Crippen LogP contribution in [0.3, 0.4) is 0 Å². The summed E-state index contributed by atoms with van der Waals surface area (Å²) in [7, 11) is 3.74. The SMILES string of the molecule is COc1ccccc1N(C)CCNc1cc(C)nc(Nc2ccccc2)n1. The number of aromatic nitrogens is 2. The number of rotatable bonds is 8. The maximum atomic E-state index is 5.43. The highest BCUT2D eigenvalue weighted by atomic mass is 16.5. The molecule has 2 aromatic carbocycles. The number of nitrogens with zero attached hydrogens (tertiary/aromatic N) is 3. The van der Waals surface area contributed by atoms with Gasteiger partial charge < -0.3 is 20.3 Å². The molecule has 0 saturated heterocycles. The number of aryl methyl sites for hydroxylation is 1. The molecule has 1 aromatic heterocycles. The Morgan fingerprint density at radius 2 is 1.74 bits per heavy atom. The van der Waals surface area contributed by atoms with Crippen molar-refractivity contribution in [2.45, 2.75) is 6.92 Å². The first kappa shape index (κ1) is 18.5. The molecule has 27 heavy (non-hydrogen) atoms. The van der Waals surface area contributed by atoms with Crippen LogP contribution >= 0.6 is 0 Å². The second-order valence-corrected chi connectivity index (χ2v) is 6.23. The van der Waals surface area contributed by atoms with Crippen molar-refractivity contribution in [3.8, 4) is 5.75 Å². The topological polar surface area (TPSA) is 62.3 Å². The van der Waals surface area contributed by atoms with Gasteiger partial charge in [-0.05, 0) is 31.2 Å². The molecule has 3 rings (SSSR count). The van der Waals surface area contributed by atoms with E-state index in [9.17, 15) is 0 Å². The second-order valence-electron chi connectivity index (χ2n) is 6.23. The van der Waals surface area contributed by atoms with Crippen molar-refractivity contribution < 1.29 is 4.74 Å². The van der Waals surface area contributed by atoms with Crippen molar-refractivity contribution in [2.24, 2.45) is 0 Å². The van der Waals surface area contributed by atoms with Crippen LogP contribution in [0.4, 0.5) is 23.1 Å². The summed E-state index contributed by atoms with van der Waals surface area (Å²) >= 11 is 0. The van der Waals surface area contributed by atoms with Crippen LogP contribution in [0.15, 0.2) is 60.7 Å². The van der Waals surface area contributed by atoms with Crippen molar-refractivity contribution >= 4 is 23.1 Å². The van der Waals surface area contributed by atoms with Crippen LogP contribution in [0.25, 0.3) is 0 Å². The maximum Gasteiger partial charge on any atom is 0.229 e. The van der Waals surface area contributed by atoms with Gasteiger partial charge in [-0.2, -0.15) is 4.98 Å². The highest BCUT2D eigenvalue weighted by molar-refractivity contribution is 5.58. The first-order chi connectivity index (χ1) is 13.2. The van der Waals surface area contributed by atoms with E-state index in [0.717, 1.165) is 41.7 Å². The molecule has 0 fully saturated rings. The summed E-state index contributed by atoms with van der Waals surface area (Å²) in [6.45, 7) is 3.52. The van der Waals surface area contributed by atoms with Gasteiger partial charge in [-0.25, -0.2) is 4.98 Å². The molecule has 0 bridgehead atoms. The Morgan fingerprint density at radius 3 is 2.52 bits per heavy atom. The standard InChI is InChI=1S/C21H25N5O/c1-16-15-20(25-21(23-16)24-17-9-5-4-6-10-17)22-13-14-26(2)18-11-7-8-12-19(18)27-3/h4-12,15H,13-14H2,1-3H3,(H2,22,23,24,25). The summed E-state index contributed by atoms with van der Waals surface area (Å²) in [6.07, 6.45) is 0. The van der Waals surface area contributed by atoms with Crippen LogP contribution in [-0.4, -0.2) is 37.2 Å². The molecule has 0 aliphatic carbocycles. The first-order valence-corrected chi connectivity index (χ1v) is 8.91. The largest absolute Gasteiger partial charge is 0.495 e. The number of para-hydroxylation sites is 3. The van der Waals surface area contributed by atoms with Gasteiger partial charge in [0.05, 0.1) is 12.8 Å². The van der Waals surface area contributed by atoms with Gasteiger partial charge in [-0.1, -0.05) is 30.3 Å². The fourth-order valence-electron chi connectivity index (χ4n) is 2.78. The summed E-state index contributed by atoms with van der Waals surface area (Å²) in [5.41, 5.74) is 2.93. The molecule has 6 heteroatoms. The van der Waals surface area contributed by atoms with Gasteiger partial charge in [0.15, 0.2) is 0 Å². The van der Waals surface area contributed by atoms with Crippen molar-refractivity contribution in [1.82, 2.24) is 9.97 Å². The van der Waals surface area contributed by atoms with Crippen LogP contribution in [0, 0.1) is 6.92 Å². The Kier molecular flexibility index (Phi) is 6.10. The zero-order chi connectivity index (χ0) is 19.1. The van der Waals surface area contributed by atoms with E-state index >= 15 is 0 Å². The Morgan fingerprint density at radius 1 is 1.00 bits per heavy atom. The van der Waals surface area contributed by atoms with Gasteiger partial charge >= 0.3 is 0 Å². The third-order valence-corrected chi connectivity index (χ3v) is 4.13. The summed E-state index contributed by atoms with van der Waals surface area (Å²) in [5, 5.41) is 6.61. The molecule has 0 saturated carbocycles. The van der Waals surface area contributed by atoms with Gasteiger partial charge in [0.2, 0.25) is 5.95 Å². The van der Waals surface area contributed by atoms with Crippen molar-refractivity contribution in [3.05, 3.63) is 66.4 Å². The molecule has 0 radical (unpaired) electrons. The van der Waals surface area contributed by atoms with Gasteiger partial charge in [0.25, 0.3) is 0 Å². The van der Waals surface area contributed by atoms with Crippen molar-refractivity contribution in [2.75, 3.05) is 42.8 Å². The first-order valence-electron chi connectivity index (χ1n) is 8.91. The molecule has 0 amide bonds. The van der Waals surface area contributed by atoms with E-state index in [1.807, 2.05) is 68.6 Å². The normalized spacial score (nSPS) is 10.3. The number of nitrogens with one attached hydrogen (secondary N) is 2. The molecule has 0 unspecified atom stereocenters. The van der Waals surface area contributed by atoms with Gasteiger partial charge in [0.1, 0.15) is 11.6 Å². The van der Waals surface area contributed by atoms with Gasteiger partial charge in [-0.3, -0.25) is 0 Å². The Bertz CT molecular complexity index is 869. The van der Waals surface area contributed by atoms with Crippen LogP contribution in [0.1, 0.15) is 5.69 Å². The predicted molar refractivity (Wildman–Crippen MR) is 111 cm³/mol. The zero-order valence-corrected chi connectivity index (χ0v) is 15.9. The van der Waals surface area contributed by atoms with Crippen LogP contribution in [-0.2, 0) is 0 Å². The lowest BCUT2D eigenvalue weighted by atomic mass is 10.2. The van der Waals surface area contributed by atoms with E-state index < -0.39 is 0 Å². The Balaban J connectivity index is 1.61. The van der Waals surface area contributed by atoms with Crippen molar-refractivity contribution in [3.63, 3.8) is 0 Å². The van der Waals surface area contributed by atoms with Crippen molar-refractivity contribution in [1.29, 1.82) is 0 Å². The van der Waals surface area contributed by atoms with E-state index in [2.05, 4.69) is 31.6 Å². The lowest BCUT2D eigenvalue weighted by molar-refractivity contribution is 0.415. The predicted octanol–water partition coefficient (Wildman–Crippen LogP) is 4.09. The lowest BCUT2D eigenvalue weighted by Gasteiger charge is -2.22. The number of hydrogen-bond donors (Lipinski definition) is 2. The van der Waals surface area contributed by atoms with Crippen LogP contribution < -0.4 is 20.3 Å². The number of benzene rings is 2. The van der Waals surface area contributed by atoms with E-state index in [1.165, 1.54) is 0 Å². The summed E-state index contributed by atoms with van der Waals surface area (Å²) in [5.74, 6) is 2.25. The molecular formula is C21H25N5O. The van der Waals surface area contributed by atoms with E-state index in [1.54, 1.807) is 7.11 Å². The molecule has 1 heterocycles. The highest BCUT2D eigenvalue weighted by Gasteiger charge is 2.07. The van der Waals surface area contributed by atoms with Crippen LogP contribution in [0.2, 0.25) is 0 Å². The summed E-state index contributed by atoms with van der Waals surface area (Å²) in [6, 6.07) is 19.9. The highest BCUT2D eigenvalue weighted by Crippen LogP contribution is 2.26. The minimum Gasteiger partial charge on any atom is -0.495 e. The third-order valence-electron chi connectivity index (χ3n) is 4.13. The molecular weight excluding hydrogens is 338 g/mol. The van der Waals surface area contributed by atoms with Gasteiger partial charge in [0, 0.05) is 37.6 Å². The van der Waals surface area contributed by atoms with E-state index in [0.29, 0.717) is 5.95 Å². The maximum absolute atomic E-state index is 5.43. The molecule has 0 spiro atoms. The molecule has 2 N–H and O–H groups in total. The third kappa shape index (κ3) is 5.10. The number of anilines is 4. The van der Waals surface area contributed by atoms with E-state index in [4.69, 9.17) is 4.74 Å². The molecule has 140 valence electrons. The second kappa shape index (κ2) is 8.89. The molecule has 0 aliphatic rings. The number of methoxy groups -OCH3 is 1. The average molecular weight is 363 g/mol. The minimum atomic E-state index is 0.585.